The molecule has 3 aliphatic heterocycles. The summed E-state index contributed by atoms with van der Waals surface area (Å²) >= 11 is 0. The molecule has 0 spiro atoms. The molecule has 10 rings (SSSR count). The van der Waals surface area contributed by atoms with Crippen molar-refractivity contribution in [2.24, 2.45) is 10.8 Å². The van der Waals surface area contributed by atoms with Gasteiger partial charge >= 0.3 is 0 Å². The number of rotatable bonds is 4. The predicted octanol–water partition coefficient (Wildman–Crippen LogP) is 15.7. The van der Waals surface area contributed by atoms with Crippen molar-refractivity contribution in [3.05, 3.63) is 143 Å². The molecule has 3 heterocycles. The van der Waals surface area contributed by atoms with Crippen LogP contribution in [0.15, 0.2) is 115 Å². The minimum atomic E-state index is -1.09. The summed E-state index contributed by atoms with van der Waals surface area (Å²) in [5, 5.41) is 1.56. The average molecular weight is 958 g/mol. The molecular formula is C66H84BN3Si. The highest BCUT2D eigenvalue weighted by Crippen LogP contribution is 2.68. The third kappa shape index (κ3) is 7.62. The Kier molecular flexibility index (Phi) is 11.0. The Balaban J connectivity index is 1.36. The summed E-state index contributed by atoms with van der Waals surface area (Å²) in [5.74, 6) is 0. The summed E-state index contributed by atoms with van der Waals surface area (Å²) in [4.78, 5) is 8.18. The van der Waals surface area contributed by atoms with Crippen LogP contribution in [0.3, 0.4) is 0 Å². The minimum Gasteiger partial charge on any atom is -0.334 e. The fraction of sp³-hybridized carbons (Fsp3) is 0.455. The molecule has 6 aromatic carbocycles. The van der Waals surface area contributed by atoms with Crippen molar-refractivity contribution in [3.8, 4) is 0 Å². The van der Waals surface area contributed by atoms with Gasteiger partial charge in [-0.1, -0.05) is 197 Å². The second-order valence-corrected chi connectivity index (χ2v) is 31.6. The Morgan fingerprint density at radius 2 is 0.958 bits per heavy atom. The van der Waals surface area contributed by atoms with E-state index in [1.807, 2.05) is 0 Å². The van der Waals surface area contributed by atoms with Gasteiger partial charge in [0.25, 0.3) is 6.71 Å². The summed E-state index contributed by atoms with van der Waals surface area (Å²) in [6.45, 7) is 48.7. The molecule has 0 N–H and O–H groups in total. The van der Waals surface area contributed by atoms with Crippen LogP contribution in [0.5, 0.6) is 0 Å². The lowest BCUT2D eigenvalue weighted by Gasteiger charge is -2.61. The van der Waals surface area contributed by atoms with Crippen LogP contribution in [0.1, 0.15) is 165 Å². The second kappa shape index (κ2) is 15.8. The molecule has 0 amide bonds. The van der Waals surface area contributed by atoms with Gasteiger partial charge in [-0.25, -0.2) is 0 Å². The normalized spacial score (nSPS) is 21.2. The molecule has 5 heteroatoms. The first kappa shape index (κ1) is 49.6. The first-order chi connectivity index (χ1) is 32.8. The standard InChI is InChI=1S/C66H84BN3Si/c1-59(2,3)42-24-28-46(29-25-42)68-54-32-27-44(61(7,8)9)35-52(54)67-51-31-26-45(62(10,11)12)36-55(51)69(47-23-21-22-43(34-47)60(4,5)6)57-38-48(37-56(68)58(57)67)70-53-33-30-49(71(19)20)39-50(53)65(17)40-63(13,14)64(15,16)41-66(65,70)18/h21-39,71H,40-41H2,1-20H3. The smallest absolute Gasteiger partial charge is 0.252 e. The quantitative estimate of drug-likeness (QED) is 0.163. The van der Waals surface area contributed by atoms with Gasteiger partial charge in [0.15, 0.2) is 0 Å². The Morgan fingerprint density at radius 3 is 1.55 bits per heavy atom. The molecule has 6 aromatic rings. The molecule has 2 atom stereocenters. The lowest BCUT2D eigenvalue weighted by molar-refractivity contribution is -0.0311. The SMILES string of the molecule is C[SiH](C)c1ccc2c(c1)C1(C)CC(C)(C)C(C)(C)CC1(C)N2c1cc2c3c(c1)N(c1cccc(C(C)(C)C)c1)c1cc(C(C)(C)C)ccc1B3c1cc(C(C)(C)C)ccc1N2c1ccc(C(C)(C)C)cc1. The zero-order valence-corrected chi connectivity index (χ0v) is 48.5. The average Bonchev–Trinajstić information content (AvgIpc) is 3.44. The molecule has 0 saturated heterocycles. The maximum atomic E-state index is 2.86. The van der Waals surface area contributed by atoms with Gasteiger partial charge in [-0.05, 0) is 151 Å². The van der Waals surface area contributed by atoms with Crippen molar-refractivity contribution in [1.82, 2.24) is 0 Å². The minimum absolute atomic E-state index is 0.0159. The van der Waals surface area contributed by atoms with Gasteiger partial charge in [-0.3, -0.25) is 0 Å². The molecule has 71 heavy (non-hydrogen) atoms. The van der Waals surface area contributed by atoms with Gasteiger partial charge in [0.2, 0.25) is 0 Å². The largest absolute Gasteiger partial charge is 0.334 e. The van der Waals surface area contributed by atoms with Crippen LogP contribution >= 0.6 is 0 Å². The van der Waals surface area contributed by atoms with Crippen LogP contribution in [0.4, 0.5) is 45.5 Å². The van der Waals surface area contributed by atoms with E-state index in [4.69, 9.17) is 0 Å². The fourth-order valence-electron chi connectivity index (χ4n) is 13.4. The third-order valence-electron chi connectivity index (χ3n) is 18.6. The molecule has 3 nitrogen and oxygen atoms in total. The van der Waals surface area contributed by atoms with E-state index < -0.39 is 8.80 Å². The molecular weight excluding hydrogens is 874 g/mol. The fourth-order valence-corrected chi connectivity index (χ4v) is 14.4. The van der Waals surface area contributed by atoms with Crippen molar-refractivity contribution < 1.29 is 0 Å². The predicted molar refractivity (Wildman–Crippen MR) is 315 cm³/mol. The molecule has 1 saturated carbocycles. The van der Waals surface area contributed by atoms with Crippen molar-refractivity contribution in [2.75, 3.05) is 14.7 Å². The van der Waals surface area contributed by atoms with E-state index in [0.717, 1.165) is 12.8 Å². The van der Waals surface area contributed by atoms with E-state index in [1.165, 1.54) is 89.7 Å². The van der Waals surface area contributed by atoms with Crippen LogP contribution in [0.25, 0.3) is 0 Å². The maximum absolute atomic E-state index is 2.86. The maximum Gasteiger partial charge on any atom is 0.252 e. The topological polar surface area (TPSA) is 9.72 Å². The molecule has 1 aliphatic carbocycles. The van der Waals surface area contributed by atoms with Crippen LogP contribution < -0.4 is 36.3 Å². The Morgan fingerprint density at radius 1 is 0.437 bits per heavy atom. The lowest BCUT2D eigenvalue weighted by atomic mass is 9.33. The number of hydrogen-bond donors (Lipinski definition) is 0. The van der Waals surface area contributed by atoms with E-state index in [0.29, 0.717) is 0 Å². The number of hydrogen-bond acceptors (Lipinski definition) is 3. The Hall–Kier alpha value is -5.00. The molecule has 370 valence electrons. The number of fused-ring (bicyclic) bond motifs is 7. The van der Waals surface area contributed by atoms with Gasteiger partial charge < -0.3 is 14.7 Å². The first-order valence-corrected chi connectivity index (χ1v) is 29.9. The highest BCUT2D eigenvalue weighted by atomic mass is 28.3. The van der Waals surface area contributed by atoms with Crippen LogP contribution in [-0.2, 0) is 27.1 Å². The van der Waals surface area contributed by atoms with Crippen molar-refractivity contribution in [1.29, 1.82) is 0 Å². The van der Waals surface area contributed by atoms with Crippen molar-refractivity contribution >= 4 is 82.6 Å². The van der Waals surface area contributed by atoms with E-state index >= 15 is 0 Å². The zero-order chi connectivity index (χ0) is 51.6. The number of benzene rings is 6. The molecule has 0 bridgehead atoms. The van der Waals surface area contributed by atoms with Crippen molar-refractivity contribution in [2.45, 2.75) is 183 Å². The van der Waals surface area contributed by atoms with Crippen LogP contribution in [-0.4, -0.2) is 21.0 Å². The lowest BCUT2D eigenvalue weighted by Crippen LogP contribution is -2.63. The Bertz CT molecular complexity index is 3110. The molecule has 4 aliphatic rings. The van der Waals surface area contributed by atoms with E-state index in [1.54, 1.807) is 5.19 Å². The van der Waals surface area contributed by atoms with Crippen LogP contribution in [0, 0.1) is 10.8 Å². The van der Waals surface area contributed by atoms with Crippen LogP contribution in [0.2, 0.25) is 13.1 Å². The number of nitrogens with zero attached hydrogens (tertiary/aromatic N) is 3. The summed E-state index contributed by atoms with van der Waals surface area (Å²) in [6.07, 6.45) is 2.20. The van der Waals surface area contributed by atoms with Gasteiger partial charge in [0.1, 0.15) is 0 Å². The monoisotopic (exact) mass is 958 g/mol. The summed E-state index contributed by atoms with van der Waals surface area (Å²) in [7, 11) is -1.09. The highest BCUT2D eigenvalue weighted by Gasteiger charge is 2.65. The third-order valence-corrected chi connectivity index (χ3v) is 20.3. The van der Waals surface area contributed by atoms with E-state index in [-0.39, 0.29) is 50.2 Å². The van der Waals surface area contributed by atoms with Crippen molar-refractivity contribution in [3.63, 3.8) is 0 Å². The summed E-state index contributed by atoms with van der Waals surface area (Å²) in [5.41, 5.74) is 21.1. The first-order valence-electron chi connectivity index (χ1n) is 27.0. The summed E-state index contributed by atoms with van der Waals surface area (Å²) in [6, 6.07) is 46.9. The Labute approximate surface area is 432 Å². The molecule has 0 radical (unpaired) electrons. The highest BCUT2D eigenvalue weighted by molar-refractivity contribution is 7.00. The number of anilines is 8. The van der Waals surface area contributed by atoms with E-state index in [9.17, 15) is 0 Å². The van der Waals surface area contributed by atoms with E-state index in [2.05, 4.69) is 268 Å². The molecule has 1 fully saturated rings. The molecule has 2 unspecified atom stereocenters. The van der Waals surface area contributed by atoms with Gasteiger partial charge in [0.05, 0.1) is 14.3 Å². The van der Waals surface area contributed by atoms with Gasteiger partial charge in [-0.2, -0.15) is 0 Å². The molecule has 0 aromatic heterocycles. The van der Waals surface area contributed by atoms with Gasteiger partial charge in [0, 0.05) is 50.9 Å². The van der Waals surface area contributed by atoms with Gasteiger partial charge in [-0.15, -0.1) is 0 Å². The zero-order valence-electron chi connectivity index (χ0n) is 47.4. The summed E-state index contributed by atoms with van der Waals surface area (Å²) < 4.78 is 0. The second-order valence-electron chi connectivity index (χ2n) is 28.6.